The van der Waals surface area contributed by atoms with Gasteiger partial charge in [0.25, 0.3) is 0 Å². The van der Waals surface area contributed by atoms with Crippen LogP contribution in [0.1, 0.15) is 29.8 Å². The molecule has 2 N–H and O–H groups in total. The second-order valence-electron chi connectivity index (χ2n) is 6.39. The maximum absolute atomic E-state index is 5.99. The van der Waals surface area contributed by atoms with E-state index in [0.29, 0.717) is 11.8 Å². The fourth-order valence-corrected chi connectivity index (χ4v) is 3.11. The van der Waals surface area contributed by atoms with Gasteiger partial charge in [-0.3, -0.25) is 0 Å². The molecule has 0 aliphatic heterocycles. The molecule has 1 atom stereocenters. The van der Waals surface area contributed by atoms with E-state index in [-0.39, 0.29) is 6.04 Å². The van der Waals surface area contributed by atoms with Crippen LogP contribution in [0.2, 0.25) is 5.02 Å². The van der Waals surface area contributed by atoms with E-state index in [1.54, 1.807) is 6.07 Å². The van der Waals surface area contributed by atoms with Crippen LogP contribution in [-0.4, -0.2) is 16.5 Å². The summed E-state index contributed by atoms with van der Waals surface area (Å²) >= 11 is 5.99. The van der Waals surface area contributed by atoms with Crippen molar-refractivity contribution in [3.05, 3.63) is 82.5 Å². The van der Waals surface area contributed by atoms with Crippen LogP contribution in [0.25, 0.3) is 0 Å². The third-order valence-corrected chi connectivity index (χ3v) is 4.68. The standard InChI is InChI=1S/C21H23ClN4/c1-15-14-20(23)25-21(24-15)26(16(2)18-6-4-3-5-7-18)13-12-17-8-10-19(22)11-9-17/h3-11,14,16H,12-13H2,1-2H3,(H2,23,24,25)/t16-/m0/s1. The summed E-state index contributed by atoms with van der Waals surface area (Å²) in [5.74, 6) is 1.15. The summed E-state index contributed by atoms with van der Waals surface area (Å²) < 4.78 is 0. The van der Waals surface area contributed by atoms with Gasteiger partial charge < -0.3 is 10.6 Å². The van der Waals surface area contributed by atoms with Gasteiger partial charge in [-0.1, -0.05) is 54.1 Å². The normalized spacial score (nSPS) is 12.0. The van der Waals surface area contributed by atoms with Crippen molar-refractivity contribution < 1.29 is 0 Å². The number of aromatic nitrogens is 2. The zero-order valence-electron chi connectivity index (χ0n) is 15.1. The molecule has 5 heteroatoms. The molecule has 134 valence electrons. The van der Waals surface area contributed by atoms with E-state index in [1.165, 1.54) is 11.1 Å². The zero-order valence-corrected chi connectivity index (χ0v) is 15.8. The molecular weight excluding hydrogens is 344 g/mol. The summed E-state index contributed by atoms with van der Waals surface area (Å²) in [6.45, 7) is 4.88. The van der Waals surface area contributed by atoms with Crippen molar-refractivity contribution in [1.29, 1.82) is 0 Å². The minimum absolute atomic E-state index is 0.129. The minimum Gasteiger partial charge on any atom is -0.384 e. The quantitative estimate of drug-likeness (QED) is 0.678. The zero-order chi connectivity index (χ0) is 18.5. The van der Waals surface area contributed by atoms with E-state index < -0.39 is 0 Å². The average Bonchev–Trinajstić information content (AvgIpc) is 2.63. The molecule has 0 aliphatic carbocycles. The van der Waals surface area contributed by atoms with E-state index in [4.69, 9.17) is 17.3 Å². The maximum atomic E-state index is 5.99. The minimum atomic E-state index is 0.129. The Morgan fingerprint density at radius 3 is 2.38 bits per heavy atom. The van der Waals surface area contributed by atoms with Crippen molar-refractivity contribution in [2.45, 2.75) is 26.3 Å². The second kappa shape index (κ2) is 8.19. The smallest absolute Gasteiger partial charge is 0.228 e. The lowest BCUT2D eigenvalue weighted by molar-refractivity contribution is 0.646. The maximum Gasteiger partial charge on any atom is 0.228 e. The number of nitrogens with zero attached hydrogens (tertiary/aromatic N) is 3. The number of anilines is 2. The Morgan fingerprint density at radius 2 is 1.73 bits per heavy atom. The molecule has 1 aromatic heterocycles. The van der Waals surface area contributed by atoms with Crippen LogP contribution in [0.15, 0.2) is 60.7 Å². The monoisotopic (exact) mass is 366 g/mol. The second-order valence-corrected chi connectivity index (χ2v) is 6.83. The Bertz CT molecular complexity index is 829. The molecule has 1 heterocycles. The lowest BCUT2D eigenvalue weighted by Crippen LogP contribution is -2.31. The third-order valence-electron chi connectivity index (χ3n) is 4.42. The van der Waals surface area contributed by atoms with E-state index in [9.17, 15) is 0 Å². The highest BCUT2D eigenvalue weighted by Crippen LogP contribution is 2.25. The van der Waals surface area contributed by atoms with Crippen LogP contribution in [0.4, 0.5) is 11.8 Å². The number of benzene rings is 2. The largest absolute Gasteiger partial charge is 0.384 e. The lowest BCUT2D eigenvalue weighted by Gasteiger charge is -2.30. The predicted molar refractivity (Wildman–Crippen MR) is 109 cm³/mol. The highest BCUT2D eigenvalue weighted by molar-refractivity contribution is 6.30. The molecule has 0 amide bonds. The summed E-state index contributed by atoms with van der Waals surface area (Å²) in [5.41, 5.74) is 9.27. The Labute approximate surface area is 159 Å². The van der Waals surface area contributed by atoms with Gasteiger partial charge in [0.1, 0.15) is 5.82 Å². The number of hydrogen-bond donors (Lipinski definition) is 1. The first-order valence-electron chi connectivity index (χ1n) is 8.70. The average molecular weight is 367 g/mol. The van der Waals surface area contributed by atoms with E-state index in [2.05, 4.69) is 58.2 Å². The van der Waals surface area contributed by atoms with Crippen molar-refractivity contribution in [2.24, 2.45) is 0 Å². The molecular formula is C21H23ClN4. The van der Waals surface area contributed by atoms with Crippen molar-refractivity contribution >= 4 is 23.4 Å². The Kier molecular flexibility index (Phi) is 5.74. The summed E-state index contributed by atoms with van der Waals surface area (Å²) in [7, 11) is 0. The van der Waals surface area contributed by atoms with Crippen molar-refractivity contribution in [2.75, 3.05) is 17.2 Å². The van der Waals surface area contributed by atoms with Crippen LogP contribution in [-0.2, 0) is 6.42 Å². The number of hydrogen-bond acceptors (Lipinski definition) is 4. The number of nitrogen functional groups attached to an aromatic ring is 1. The van der Waals surface area contributed by atoms with Gasteiger partial charge in [-0.15, -0.1) is 0 Å². The molecule has 3 aromatic rings. The molecule has 0 saturated carbocycles. The van der Waals surface area contributed by atoms with Crippen molar-refractivity contribution in [3.63, 3.8) is 0 Å². The first-order valence-corrected chi connectivity index (χ1v) is 9.08. The topological polar surface area (TPSA) is 55.0 Å². The molecule has 0 aliphatic rings. The number of halogens is 1. The summed E-state index contributed by atoms with van der Waals surface area (Å²) in [6, 6.07) is 20.2. The highest BCUT2D eigenvalue weighted by atomic mass is 35.5. The van der Waals surface area contributed by atoms with Crippen molar-refractivity contribution in [1.82, 2.24) is 9.97 Å². The molecule has 4 nitrogen and oxygen atoms in total. The van der Waals surface area contributed by atoms with Crippen LogP contribution in [0.3, 0.4) is 0 Å². The van der Waals surface area contributed by atoms with Crippen LogP contribution in [0.5, 0.6) is 0 Å². The van der Waals surface area contributed by atoms with Crippen molar-refractivity contribution in [3.8, 4) is 0 Å². The molecule has 0 fully saturated rings. The fraction of sp³-hybridized carbons (Fsp3) is 0.238. The third kappa shape index (κ3) is 4.52. The van der Waals surface area contributed by atoms with Gasteiger partial charge in [-0.05, 0) is 43.5 Å². The summed E-state index contributed by atoms with van der Waals surface area (Å²) in [5, 5.41) is 0.748. The number of aryl methyl sites for hydroxylation is 1. The van der Waals surface area contributed by atoms with E-state index in [0.717, 1.165) is 23.7 Å². The number of nitrogens with two attached hydrogens (primary N) is 1. The van der Waals surface area contributed by atoms with Crippen LogP contribution >= 0.6 is 11.6 Å². The molecule has 3 rings (SSSR count). The molecule has 0 spiro atoms. The Morgan fingerprint density at radius 1 is 1.04 bits per heavy atom. The van der Waals surface area contributed by atoms with Gasteiger partial charge >= 0.3 is 0 Å². The molecule has 2 aromatic carbocycles. The van der Waals surface area contributed by atoms with E-state index in [1.807, 2.05) is 25.1 Å². The van der Waals surface area contributed by atoms with E-state index >= 15 is 0 Å². The first kappa shape index (κ1) is 18.2. The van der Waals surface area contributed by atoms with Gasteiger partial charge in [0.2, 0.25) is 5.95 Å². The van der Waals surface area contributed by atoms with Gasteiger partial charge in [-0.2, -0.15) is 4.98 Å². The molecule has 0 saturated heterocycles. The van der Waals surface area contributed by atoms with Crippen LogP contribution < -0.4 is 10.6 Å². The Hall–Kier alpha value is -2.59. The summed E-state index contributed by atoms with van der Waals surface area (Å²) in [4.78, 5) is 11.3. The van der Waals surface area contributed by atoms with Gasteiger partial charge in [-0.25, -0.2) is 4.98 Å². The molecule has 0 unspecified atom stereocenters. The first-order chi connectivity index (χ1) is 12.5. The van der Waals surface area contributed by atoms with Gasteiger partial charge in [0, 0.05) is 23.3 Å². The van der Waals surface area contributed by atoms with Gasteiger partial charge in [0.15, 0.2) is 0 Å². The lowest BCUT2D eigenvalue weighted by atomic mass is 10.1. The molecule has 26 heavy (non-hydrogen) atoms. The molecule has 0 bridgehead atoms. The molecule has 0 radical (unpaired) electrons. The SMILES string of the molecule is Cc1cc(N)nc(N(CCc2ccc(Cl)cc2)[C@@H](C)c2ccccc2)n1. The fourth-order valence-electron chi connectivity index (χ4n) is 2.98. The number of rotatable bonds is 6. The van der Waals surface area contributed by atoms with Crippen LogP contribution in [0, 0.1) is 6.92 Å². The highest BCUT2D eigenvalue weighted by Gasteiger charge is 2.19. The summed E-state index contributed by atoms with van der Waals surface area (Å²) in [6.07, 6.45) is 0.867. The van der Waals surface area contributed by atoms with Gasteiger partial charge in [0.05, 0.1) is 6.04 Å². The Balaban J connectivity index is 1.88. The predicted octanol–water partition coefficient (Wildman–Crippen LogP) is 4.83.